The van der Waals surface area contributed by atoms with Gasteiger partial charge in [-0.1, -0.05) is 29.3 Å². The molecule has 2 N–H and O–H groups in total. The maximum atomic E-state index is 11.1. The van der Waals surface area contributed by atoms with E-state index in [1.54, 1.807) is 26.1 Å². The second-order valence-electron chi connectivity index (χ2n) is 4.73. The minimum Gasteiger partial charge on any atom is -0.387 e. The van der Waals surface area contributed by atoms with Crippen LogP contribution in [-0.4, -0.2) is 26.4 Å². The quantitative estimate of drug-likeness (QED) is 0.642. The lowest BCUT2D eigenvalue weighted by atomic mass is 10.1. The molecule has 0 aliphatic heterocycles. The number of hydrogen-bond acceptors (Lipinski definition) is 5. The molecule has 7 nitrogen and oxygen atoms in total. The van der Waals surface area contributed by atoms with Crippen molar-refractivity contribution < 1.29 is 10.0 Å². The van der Waals surface area contributed by atoms with E-state index in [4.69, 9.17) is 23.2 Å². The van der Waals surface area contributed by atoms with Crippen molar-refractivity contribution in [1.29, 1.82) is 0 Å². The lowest BCUT2D eigenvalue weighted by Gasteiger charge is -2.14. The fourth-order valence-corrected chi connectivity index (χ4v) is 2.67. The number of hydrogen-bond donors (Lipinski definition) is 2. The Morgan fingerprint density at radius 2 is 2.18 bits per heavy atom. The molecule has 1 aromatic carbocycles. The predicted octanol–water partition coefficient (Wildman–Crippen LogP) is 3.09. The van der Waals surface area contributed by atoms with Crippen LogP contribution in [0.3, 0.4) is 0 Å². The smallest absolute Gasteiger partial charge is 0.333 e. The summed E-state index contributed by atoms with van der Waals surface area (Å²) in [4.78, 5) is 10.6. The van der Waals surface area contributed by atoms with Crippen molar-refractivity contribution in [1.82, 2.24) is 9.78 Å². The van der Waals surface area contributed by atoms with Gasteiger partial charge in [0.05, 0.1) is 11.0 Å². The van der Waals surface area contributed by atoms with Gasteiger partial charge in [0.15, 0.2) is 0 Å². The third kappa shape index (κ3) is 3.32. The number of nitrogens with zero attached hydrogens (tertiary/aromatic N) is 3. The van der Waals surface area contributed by atoms with E-state index in [0.717, 1.165) is 0 Å². The highest BCUT2D eigenvalue weighted by molar-refractivity contribution is 6.35. The summed E-state index contributed by atoms with van der Waals surface area (Å²) in [6, 6.07) is 4.75. The van der Waals surface area contributed by atoms with Gasteiger partial charge in [-0.3, -0.25) is 10.1 Å². The number of aryl methyl sites for hydroxylation is 2. The number of benzene rings is 1. The van der Waals surface area contributed by atoms with Crippen LogP contribution in [0.2, 0.25) is 10.0 Å². The van der Waals surface area contributed by atoms with Gasteiger partial charge >= 0.3 is 5.69 Å². The van der Waals surface area contributed by atoms with Gasteiger partial charge in [-0.2, -0.15) is 5.10 Å². The minimum atomic E-state index is -0.945. The summed E-state index contributed by atoms with van der Waals surface area (Å²) in [5.41, 5.74) is 0.672. The van der Waals surface area contributed by atoms with Crippen molar-refractivity contribution >= 4 is 34.7 Å². The van der Waals surface area contributed by atoms with Crippen molar-refractivity contribution in [2.24, 2.45) is 7.05 Å². The highest BCUT2D eigenvalue weighted by atomic mass is 35.5. The molecule has 1 aromatic heterocycles. The largest absolute Gasteiger partial charge is 0.387 e. The van der Waals surface area contributed by atoms with Gasteiger partial charge < -0.3 is 10.4 Å². The van der Waals surface area contributed by atoms with E-state index in [9.17, 15) is 15.2 Å². The number of aliphatic hydroxyl groups excluding tert-OH is 1. The Hall–Kier alpha value is -1.83. The van der Waals surface area contributed by atoms with E-state index in [-0.39, 0.29) is 18.1 Å². The van der Waals surface area contributed by atoms with Crippen LogP contribution < -0.4 is 5.32 Å². The van der Waals surface area contributed by atoms with Crippen LogP contribution >= 0.6 is 23.2 Å². The van der Waals surface area contributed by atoms with Crippen molar-refractivity contribution in [3.63, 3.8) is 0 Å². The first-order chi connectivity index (χ1) is 10.3. The van der Waals surface area contributed by atoms with Crippen LogP contribution in [0.15, 0.2) is 18.2 Å². The molecule has 2 aromatic rings. The van der Waals surface area contributed by atoms with E-state index in [1.807, 2.05) is 0 Å². The second kappa shape index (κ2) is 6.51. The molecule has 0 aliphatic rings. The van der Waals surface area contributed by atoms with Gasteiger partial charge in [0.25, 0.3) is 0 Å². The lowest BCUT2D eigenvalue weighted by molar-refractivity contribution is -0.384. The molecule has 0 saturated heterocycles. The van der Waals surface area contributed by atoms with Crippen LogP contribution in [0.4, 0.5) is 11.5 Å². The van der Waals surface area contributed by atoms with Crippen molar-refractivity contribution in [3.8, 4) is 0 Å². The number of rotatable bonds is 5. The maximum Gasteiger partial charge on any atom is 0.333 e. The van der Waals surface area contributed by atoms with Crippen LogP contribution in [-0.2, 0) is 7.05 Å². The molecule has 1 atom stereocenters. The molecular formula is C13H14Cl2N4O3. The highest BCUT2D eigenvalue weighted by Gasteiger charge is 2.24. The summed E-state index contributed by atoms with van der Waals surface area (Å²) in [6.45, 7) is 1.59. The second-order valence-corrected chi connectivity index (χ2v) is 5.57. The predicted molar refractivity (Wildman–Crippen MR) is 84.5 cm³/mol. The molecule has 1 heterocycles. The van der Waals surface area contributed by atoms with Gasteiger partial charge in [-0.05, 0) is 19.1 Å². The first kappa shape index (κ1) is 16.5. The van der Waals surface area contributed by atoms with Gasteiger partial charge in [0.1, 0.15) is 5.69 Å². The van der Waals surface area contributed by atoms with Crippen molar-refractivity contribution in [3.05, 3.63) is 49.6 Å². The molecule has 0 saturated carbocycles. The molecule has 0 bridgehead atoms. The summed E-state index contributed by atoms with van der Waals surface area (Å²) in [7, 11) is 1.59. The summed E-state index contributed by atoms with van der Waals surface area (Å²) in [5.74, 6) is 0.228. The number of aliphatic hydroxyl groups is 1. The average molecular weight is 345 g/mol. The fraction of sp³-hybridized carbons (Fsp3) is 0.308. The van der Waals surface area contributed by atoms with E-state index in [2.05, 4.69) is 10.4 Å². The maximum absolute atomic E-state index is 11.1. The molecule has 0 aliphatic carbocycles. The number of nitro groups is 1. The van der Waals surface area contributed by atoms with Crippen molar-refractivity contribution in [2.75, 3.05) is 11.9 Å². The van der Waals surface area contributed by atoms with Crippen LogP contribution in [0, 0.1) is 17.0 Å². The zero-order valence-electron chi connectivity index (χ0n) is 11.9. The van der Waals surface area contributed by atoms with Crippen LogP contribution in [0.1, 0.15) is 17.4 Å². The van der Waals surface area contributed by atoms with Crippen LogP contribution in [0.5, 0.6) is 0 Å². The third-order valence-corrected chi connectivity index (χ3v) is 3.72. The molecule has 0 spiro atoms. The first-order valence-corrected chi connectivity index (χ1v) is 7.11. The Labute approximate surface area is 136 Å². The molecule has 118 valence electrons. The van der Waals surface area contributed by atoms with Gasteiger partial charge in [-0.25, -0.2) is 4.68 Å². The number of nitrogens with one attached hydrogen (secondary N) is 1. The van der Waals surface area contributed by atoms with Gasteiger partial charge in [0, 0.05) is 29.2 Å². The van der Waals surface area contributed by atoms with Crippen LogP contribution in [0.25, 0.3) is 0 Å². The highest BCUT2D eigenvalue weighted by Crippen LogP contribution is 2.30. The molecule has 0 fully saturated rings. The molecule has 2 rings (SSSR count). The first-order valence-electron chi connectivity index (χ1n) is 6.36. The molecule has 9 heteroatoms. The number of anilines is 1. The molecule has 0 amide bonds. The minimum absolute atomic E-state index is 0.0428. The Kier molecular flexibility index (Phi) is 4.90. The van der Waals surface area contributed by atoms with E-state index < -0.39 is 11.0 Å². The lowest BCUT2D eigenvalue weighted by Crippen LogP contribution is -2.15. The fourth-order valence-electron chi connectivity index (χ4n) is 2.14. The Morgan fingerprint density at radius 3 is 2.77 bits per heavy atom. The SMILES string of the molecule is Cc1nn(C)c(NCC(O)c2ccc(Cl)cc2Cl)c1[N+](=O)[O-]. The summed E-state index contributed by atoms with van der Waals surface area (Å²) in [6.07, 6.45) is -0.945. The van der Waals surface area contributed by atoms with E-state index in [0.29, 0.717) is 21.3 Å². The summed E-state index contributed by atoms with van der Waals surface area (Å²) >= 11 is 11.8. The zero-order valence-corrected chi connectivity index (χ0v) is 13.4. The Balaban J connectivity index is 2.18. The van der Waals surface area contributed by atoms with Gasteiger partial charge in [-0.15, -0.1) is 0 Å². The molecule has 1 unspecified atom stereocenters. The number of aromatic nitrogens is 2. The van der Waals surface area contributed by atoms with E-state index in [1.165, 1.54) is 10.7 Å². The Bertz CT molecular complexity index is 718. The summed E-state index contributed by atoms with van der Waals surface area (Å²) in [5, 5.41) is 28.9. The van der Waals surface area contributed by atoms with Crippen molar-refractivity contribution in [2.45, 2.75) is 13.0 Å². The standard InChI is InChI=1S/C13H14Cl2N4O3/c1-7-12(19(21)22)13(18(2)17-7)16-6-11(20)9-4-3-8(14)5-10(9)15/h3-5,11,16,20H,6H2,1-2H3. The normalized spacial score (nSPS) is 12.2. The monoisotopic (exact) mass is 344 g/mol. The topological polar surface area (TPSA) is 93.2 Å². The molecule has 0 radical (unpaired) electrons. The summed E-state index contributed by atoms with van der Waals surface area (Å²) < 4.78 is 1.36. The zero-order chi connectivity index (χ0) is 16.4. The van der Waals surface area contributed by atoms with E-state index >= 15 is 0 Å². The third-order valence-electron chi connectivity index (χ3n) is 3.16. The molecular weight excluding hydrogens is 331 g/mol. The molecule has 22 heavy (non-hydrogen) atoms. The average Bonchev–Trinajstić information content (AvgIpc) is 2.70. The Morgan fingerprint density at radius 1 is 1.50 bits per heavy atom. The number of halogens is 2. The van der Waals surface area contributed by atoms with Gasteiger partial charge in [0.2, 0.25) is 5.82 Å².